The Hall–Kier alpha value is -0.400. The first-order valence-electron chi connectivity index (χ1n) is 5.41. The average molecular weight is 363 g/mol. The molecular weight excluding hydrogens is 349 g/mol. The van der Waals surface area contributed by atoms with Gasteiger partial charge in [-0.3, -0.25) is 4.79 Å². The van der Waals surface area contributed by atoms with Gasteiger partial charge in [-0.1, -0.05) is 6.08 Å². The molecule has 0 aliphatic carbocycles. The van der Waals surface area contributed by atoms with E-state index in [1.54, 1.807) is 18.4 Å². The van der Waals surface area contributed by atoms with Crippen molar-refractivity contribution < 1.29 is 9.53 Å². The molecule has 1 aromatic rings. The maximum Gasteiger partial charge on any atom is 0.255 e. The quantitative estimate of drug-likeness (QED) is 0.611. The summed E-state index contributed by atoms with van der Waals surface area (Å²) in [6.45, 7) is 2.17. The van der Waals surface area contributed by atoms with Gasteiger partial charge in [-0.15, -0.1) is 11.3 Å². The van der Waals surface area contributed by atoms with Gasteiger partial charge in [0, 0.05) is 25.6 Å². The Morgan fingerprint density at radius 1 is 1.65 bits per heavy atom. The standard InChI is InChI=1S/C12H14INO2S/c1-16-7-9-2-4-14(5-3-9)12(15)10-6-11(13)17-8-10/h2,6,8H,3-5,7H2,1H3. The molecule has 0 N–H and O–H groups in total. The number of carbonyl (C=O) groups excluding carboxylic acids is 1. The number of ether oxygens (including phenoxy) is 1. The van der Waals surface area contributed by atoms with Crippen LogP contribution in [0, 0.1) is 2.88 Å². The zero-order valence-corrected chi connectivity index (χ0v) is 12.6. The number of hydrogen-bond donors (Lipinski definition) is 0. The van der Waals surface area contributed by atoms with Crippen molar-refractivity contribution in [3.8, 4) is 0 Å². The van der Waals surface area contributed by atoms with Crippen molar-refractivity contribution in [1.82, 2.24) is 4.90 Å². The van der Waals surface area contributed by atoms with Crippen molar-refractivity contribution >= 4 is 39.8 Å². The number of amides is 1. The molecule has 0 saturated heterocycles. The van der Waals surface area contributed by atoms with E-state index < -0.39 is 0 Å². The lowest BCUT2D eigenvalue weighted by Gasteiger charge is -2.26. The number of rotatable bonds is 3. The van der Waals surface area contributed by atoms with Crippen molar-refractivity contribution in [2.24, 2.45) is 0 Å². The third-order valence-electron chi connectivity index (χ3n) is 2.73. The molecule has 0 aromatic carbocycles. The zero-order chi connectivity index (χ0) is 12.3. The molecule has 0 bridgehead atoms. The molecule has 1 aliphatic rings. The van der Waals surface area contributed by atoms with E-state index in [4.69, 9.17) is 4.74 Å². The van der Waals surface area contributed by atoms with Gasteiger partial charge in [0.15, 0.2) is 0 Å². The largest absolute Gasteiger partial charge is 0.380 e. The van der Waals surface area contributed by atoms with Gasteiger partial charge in [0.05, 0.1) is 15.1 Å². The molecule has 92 valence electrons. The number of nitrogens with zero attached hydrogens (tertiary/aromatic N) is 1. The summed E-state index contributed by atoms with van der Waals surface area (Å²) >= 11 is 3.85. The molecule has 0 saturated carbocycles. The molecule has 0 unspecified atom stereocenters. The second-order valence-corrected chi connectivity index (χ2v) is 6.74. The lowest BCUT2D eigenvalue weighted by Crippen LogP contribution is -2.35. The van der Waals surface area contributed by atoms with Crippen LogP contribution >= 0.6 is 33.9 Å². The first-order valence-corrected chi connectivity index (χ1v) is 7.36. The second kappa shape index (κ2) is 5.97. The molecule has 5 heteroatoms. The Labute approximate surface area is 119 Å². The van der Waals surface area contributed by atoms with Gasteiger partial charge in [-0.25, -0.2) is 0 Å². The molecule has 0 radical (unpaired) electrons. The highest BCUT2D eigenvalue weighted by atomic mass is 127. The second-order valence-electron chi connectivity index (χ2n) is 3.94. The normalized spacial score (nSPS) is 15.9. The number of methoxy groups -OCH3 is 1. The van der Waals surface area contributed by atoms with Crippen LogP contribution in [0.4, 0.5) is 0 Å². The minimum Gasteiger partial charge on any atom is -0.380 e. The van der Waals surface area contributed by atoms with Crippen molar-refractivity contribution in [3.63, 3.8) is 0 Å². The summed E-state index contributed by atoms with van der Waals surface area (Å²) in [5.41, 5.74) is 2.10. The van der Waals surface area contributed by atoms with Gasteiger partial charge in [-0.2, -0.15) is 0 Å². The number of halogens is 1. The first-order chi connectivity index (χ1) is 8.20. The van der Waals surface area contributed by atoms with Gasteiger partial charge in [0.2, 0.25) is 0 Å². The van der Waals surface area contributed by atoms with E-state index in [1.807, 2.05) is 16.3 Å². The summed E-state index contributed by atoms with van der Waals surface area (Å²) in [7, 11) is 1.70. The van der Waals surface area contributed by atoms with Crippen LogP contribution in [-0.4, -0.2) is 37.6 Å². The van der Waals surface area contributed by atoms with E-state index in [0.717, 1.165) is 21.4 Å². The average Bonchev–Trinajstić information content (AvgIpc) is 2.76. The van der Waals surface area contributed by atoms with Crippen LogP contribution in [0.5, 0.6) is 0 Å². The number of carbonyl (C=O) groups is 1. The maximum absolute atomic E-state index is 12.1. The summed E-state index contributed by atoms with van der Waals surface area (Å²) in [4.78, 5) is 14.0. The predicted molar refractivity (Wildman–Crippen MR) is 77.5 cm³/mol. The van der Waals surface area contributed by atoms with E-state index in [1.165, 1.54) is 5.57 Å². The summed E-state index contributed by atoms with van der Waals surface area (Å²) in [6, 6.07) is 1.95. The fraction of sp³-hybridized carbons (Fsp3) is 0.417. The van der Waals surface area contributed by atoms with Crippen LogP contribution in [0.2, 0.25) is 0 Å². The molecule has 0 spiro atoms. The van der Waals surface area contributed by atoms with Gasteiger partial charge in [0.1, 0.15) is 0 Å². The number of hydrogen-bond acceptors (Lipinski definition) is 3. The lowest BCUT2D eigenvalue weighted by molar-refractivity contribution is 0.0765. The Kier molecular flexibility index (Phi) is 4.58. The first kappa shape index (κ1) is 13.0. The topological polar surface area (TPSA) is 29.5 Å². The summed E-state index contributed by atoms with van der Waals surface area (Å²) < 4.78 is 6.25. The van der Waals surface area contributed by atoms with Gasteiger partial charge < -0.3 is 9.64 Å². The summed E-state index contributed by atoms with van der Waals surface area (Å²) in [5, 5.41) is 1.93. The van der Waals surface area contributed by atoms with Crippen molar-refractivity contribution in [1.29, 1.82) is 0 Å². The van der Waals surface area contributed by atoms with E-state index in [9.17, 15) is 4.79 Å². The predicted octanol–water partition coefficient (Wildman–Crippen LogP) is 2.77. The van der Waals surface area contributed by atoms with Crippen LogP contribution < -0.4 is 0 Å². The molecule has 17 heavy (non-hydrogen) atoms. The molecule has 1 aliphatic heterocycles. The highest BCUT2D eigenvalue weighted by Crippen LogP contribution is 2.20. The van der Waals surface area contributed by atoms with E-state index in [-0.39, 0.29) is 5.91 Å². The van der Waals surface area contributed by atoms with Gasteiger partial charge in [-0.05, 0) is 40.7 Å². The van der Waals surface area contributed by atoms with Crippen LogP contribution in [-0.2, 0) is 4.74 Å². The molecule has 2 heterocycles. The molecule has 3 nitrogen and oxygen atoms in total. The minimum absolute atomic E-state index is 0.136. The smallest absolute Gasteiger partial charge is 0.255 e. The van der Waals surface area contributed by atoms with E-state index >= 15 is 0 Å². The van der Waals surface area contributed by atoms with E-state index in [2.05, 4.69) is 28.7 Å². The molecule has 1 aromatic heterocycles. The zero-order valence-electron chi connectivity index (χ0n) is 9.61. The summed E-state index contributed by atoms with van der Waals surface area (Å²) in [5.74, 6) is 0.136. The SMILES string of the molecule is COCC1=CCN(C(=O)c2csc(I)c2)CC1. The molecule has 1 amide bonds. The van der Waals surface area contributed by atoms with Crippen molar-refractivity contribution in [2.75, 3.05) is 26.8 Å². The van der Waals surface area contributed by atoms with E-state index in [0.29, 0.717) is 13.2 Å². The third kappa shape index (κ3) is 3.29. The highest BCUT2D eigenvalue weighted by molar-refractivity contribution is 14.1. The van der Waals surface area contributed by atoms with Crippen molar-refractivity contribution in [3.05, 3.63) is 31.5 Å². The van der Waals surface area contributed by atoms with Crippen LogP contribution in [0.1, 0.15) is 16.8 Å². The monoisotopic (exact) mass is 363 g/mol. The maximum atomic E-state index is 12.1. The molecule has 2 rings (SSSR count). The fourth-order valence-corrected chi connectivity index (χ4v) is 3.14. The Morgan fingerprint density at radius 2 is 2.47 bits per heavy atom. The lowest BCUT2D eigenvalue weighted by atomic mass is 10.1. The van der Waals surface area contributed by atoms with Gasteiger partial charge in [0.25, 0.3) is 5.91 Å². The van der Waals surface area contributed by atoms with Crippen molar-refractivity contribution in [2.45, 2.75) is 6.42 Å². The van der Waals surface area contributed by atoms with Gasteiger partial charge >= 0.3 is 0 Å². The molecule has 0 fully saturated rings. The molecule has 0 atom stereocenters. The Bertz CT molecular complexity index is 441. The summed E-state index contributed by atoms with van der Waals surface area (Å²) in [6.07, 6.45) is 3.02. The van der Waals surface area contributed by atoms with Crippen LogP contribution in [0.3, 0.4) is 0 Å². The van der Waals surface area contributed by atoms with Crippen LogP contribution in [0.15, 0.2) is 23.1 Å². The molecular formula is C12H14INO2S. The fourth-order valence-electron chi connectivity index (χ4n) is 1.82. The third-order valence-corrected chi connectivity index (χ3v) is 4.52. The Morgan fingerprint density at radius 3 is 3.00 bits per heavy atom. The minimum atomic E-state index is 0.136. The van der Waals surface area contributed by atoms with Crippen LogP contribution in [0.25, 0.3) is 0 Å². The number of thiophene rings is 1. The Balaban J connectivity index is 1.99. The highest BCUT2D eigenvalue weighted by Gasteiger charge is 2.19.